The molecule has 0 aromatic carbocycles. The van der Waals surface area contributed by atoms with Crippen LogP contribution in [0.25, 0.3) is 0 Å². The lowest BCUT2D eigenvalue weighted by Gasteiger charge is -1.97. The van der Waals surface area contributed by atoms with Gasteiger partial charge in [-0.2, -0.15) is 0 Å². The second-order valence-electron chi connectivity index (χ2n) is 2.32. The molecule has 0 aliphatic carbocycles. The lowest BCUT2D eigenvalue weighted by atomic mass is 10.3. The molecule has 1 rings (SSSR count). The zero-order valence-corrected chi connectivity index (χ0v) is 7.84. The van der Waals surface area contributed by atoms with Gasteiger partial charge in [0.1, 0.15) is 6.26 Å². The van der Waals surface area contributed by atoms with Gasteiger partial charge in [0.2, 0.25) is 5.91 Å². The zero-order valence-electron chi connectivity index (χ0n) is 7.03. The van der Waals surface area contributed by atoms with E-state index < -0.39 is 0 Å². The number of nitrogens with zero attached hydrogens (tertiary/aromatic N) is 1. The summed E-state index contributed by atoms with van der Waals surface area (Å²) in [5.74, 6) is 5.57. The Morgan fingerprint density at radius 2 is 2.62 bits per heavy atom. The molecule has 0 bridgehead atoms. The minimum absolute atomic E-state index is 0.145. The molecule has 1 heterocycles. The number of nitrogens with two attached hydrogens (primary N) is 1. The van der Waals surface area contributed by atoms with Gasteiger partial charge in [0.25, 0.3) is 5.22 Å². The van der Waals surface area contributed by atoms with Crippen molar-refractivity contribution in [3.8, 4) is 0 Å². The monoisotopic (exact) mass is 201 g/mol. The average Bonchev–Trinajstić information content (AvgIpc) is 2.64. The van der Waals surface area contributed by atoms with Gasteiger partial charge in [0.05, 0.1) is 6.20 Å². The van der Waals surface area contributed by atoms with Crippen LogP contribution in [-0.4, -0.2) is 16.6 Å². The van der Waals surface area contributed by atoms with Crippen LogP contribution >= 0.6 is 11.8 Å². The zero-order chi connectivity index (χ0) is 9.52. The van der Waals surface area contributed by atoms with Crippen LogP contribution in [0, 0.1) is 0 Å². The maximum absolute atomic E-state index is 10.7. The lowest BCUT2D eigenvalue weighted by molar-refractivity contribution is -0.121. The fraction of sp³-hybridized carbons (Fsp3) is 0.429. The average molecular weight is 201 g/mol. The van der Waals surface area contributed by atoms with Gasteiger partial charge in [-0.25, -0.2) is 10.8 Å². The van der Waals surface area contributed by atoms with E-state index >= 15 is 0 Å². The van der Waals surface area contributed by atoms with E-state index in [1.165, 1.54) is 18.0 Å². The first-order valence-electron chi connectivity index (χ1n) is 3.84. The highest BCUT2D eigenvalue weighted by Crippen LogP contribution is 2.15. The molecule has 0 saturated heterocycles. The highest BCUT2D eigenvalue weighted by molar-refractivity contribution is 7.99. The normalized spacial score (nSPS) is 9.92. The van der Waals surface area contributed by atoms with Crippen molar-refractivity contribution in [1.29, 1.82) is 0 Å². The van der Waals surface area contributed by atoms with Crippen molar-refractivity contribution in [2.45, 2.75) is 18.1 Å². The second-order valence-corrected chi connectivity index (χ2v) is 3.36. The number of carbonyl (C=O) groups excluding carboxylic acids is 1. The van der Waals surface area contributed by atoms with Crippen molar-refractivity contribution in [3.05, 3.63) is 12.5 Å². The fourth-order valence-corrected chi connectivity index (χ4v) is 1.47. The predicted octanol–water partition coefficient (Wildman–Crippen LogP) is 0.537. The largest absolute Gasteiger partial charge is 0.440 e. The first kappa shape index (κ1) is 10.1. The number of hydrogen-bond donors (Lipinski definition) is 2. The maximum Gasteiger partial charge on any atom is 0.255 e. The summed E-state index contributed by atoms with van der Waals surface area (Å²) >= 11 is 1.48. The summed E-state index contributed by atoms with van der Waals surface area (Å²) in [6.45, 7) is 0. The molecule has 1 aromatic rings. The van der Waals surface area contributed by atoms with Gasteiger partial charge in [-0.15, -0.1) is 0 Å². The third-order valence-electron chi connectivity index (χ3n) is 1.34. The number of oxazole rings is 1. The van der Waals surface area contributed by atoms with E-state index in [2.05, 4.69) is 10.4 Å². The number of carbonyl (C=O) groups is 1. The molecule has 13 heavy (non-hydrogen) atoms. The van der Waals surface area contributed by atoms with Gasteiger partial charge < -0.3 is 4.42 Å². The molecule has 0 aliphatic heterocycles. The Balaban J connectivity index is 2.05. The minimum atomic E-state index is -0.145. The van der Waals surface area contributed by atoms with Gasteiger partial charge in [0.15, 0.2) is 0 Å². The smallest absolute Gasteiger partial charge is 0.255 e. The van der Waals surface area contributed by atoms with Crippen LogP contribution in [-0.2, 0) is 4.79 Å². The van der Waals surface area contributed by atoms with Crippen LogP contribution in [0.2, 0.25) is 0 Å². The van der Waals surface area contributed by atoms with Crippen molar-refractivity contribution < 1.29 is 9.21 Å². The third kappa shape index (κ3) is 3.95. The molecule has 3 N–H and O–H groups in total. The van der Waals surface area contributed by atoms with E-state index in [4.69, 9.17) is 10.3 Å². The Kier molecular flexibility index (Phi) is 4.34. The van der Waals surface area contributed by atoms with Gasteiger partial charge in [-0.05, 0) is 6.42 Å². The third-order valence-corrected chi connectivity index (χ3v) is 2.29. The molecule has 6 heteroatoms. The molecule has 0 spiro atoms. The highest BCUT2D eigenvalue weighted by atomic mass is 32.2. The minimum Gasteiger partial charge on any atom is -0.440 e. The van der Waals surface area contributed by atoms with Crippen LogP contribution < -0.4 is 11.3 Å². The molecule has 5 nitrogen and oxygen atoms in total. The van der Waals surface area contributed by atoms with Gasteiger partial charge in [0, 0.05) is 12.2 Å². The molecule has 1 amide bonds. The van der Waals surface area contributed by atoms with Gasteiger partial charge >= 0.3 is 0 Å². The van der Waals surface area contributed by atoms with Crippen LogP contribution in [0.3, 0.4) is 0 Å². The summed E-state index contributed by atoms with van der Waals surface area (Å²) in [5.41, 5.74) is 2.07. The van der Waals surface area contributed by atoms with E-state index in [1.54, 1.807) is 6.20 Å². The predicted molar refractivity (Wildman–Crippen MR) is 48.8 cm³/mol. The van der Waals surface area contributed by atoms with E-state index in [1.807, 2.05) is 0 Å². The van der Waals surface area contributed by atoms with E-state index in [0.717, 1.165) is 12.2 Å². The highest BCUT2D eigenvalue weighted by Gasteiger charge is 2.00. The summed E-state index contributed by atoms with van der Waals surface area (Å²) in [5, 5.41) is 0.633. The van der Waals surface area contributed by atoms with Crippen LogP contribution in [0.1, 0.15) is 12.8 Å². The number of nitrogens with one attached hydrogen (secondary N) is 1. The molecule has 0 unspecified atom stereocenters. The van der Waals surface area contributed by atoms with Crippen molar-refractivity contribution in [3.63, 3.8) is 0 Å². The quantitative estimate of drug-likeness (QED) is 0.239. The molecule has 0 fully saturated rings. The summed E-state index contributed by atoms with van der Waals surface area (Å²) in [4.78, 5) is 14.6. The van der Waals surface area contributed by atoms with Crippen molar-refractivity contribution in [1.82, 2.24) is 10.4 Å². The molecule has 0 atom stereocenters. The molecule has 72 valence electrons. The Labute approximate surface area is 80.0 Å². The Hall–Kier alpha value is -1.01. The van der Waals surface area contributed by atoms with Crippen molar-refractivity contribution >= 4 is 17.7 Å². The van der Waals surface area contributed by atoms with Crippen molar-refractivity contribution in [2.75, 3.05) is 5.75 Å². The Morgan fingerprint density at radius 1 is 1.77 bits per heavy atom. The van der Waals surface area contributed by atoms with Gasteiger partial charge in [-0.3, -0.25) is 10.2 Å². The number of hydrogen-bond acceptors (Lipinski definition) is 5. The topological polar surface area (TPSA) is 81.1 Å². The number of thioether (sulfide) groups is 1. The van der Waals surface area contributed by atoms with Crippen LogP contribution in [0.5, 0.6) is 0 Å². The van der Waals surface area contributed by atoms with E-state index in [0.29, 0.717) is 11.6 Å². The molecule has 0 radical (unpaired) electrons. The molecule has 0 aliphatic rings. The SMILES string of the molecule is NNC(=O)CCCSc1ncco1. The number of hydrazine groups is 1. The standard InChI is InChI=1S/C7H11N3O2S/c8-10-6(11)2-1-5-13-7-9-3-4-12-7/h3-4H,1-2,5,8H2,(H,10,11). The maximum atomic E-state index is 10.7. The molecule has 1 aromatic heterocycles. The van der Waals surface area contributed by atoms with E-state index in [9.17, 15) is 4.79 Å². The Morgan fingerprint density at radius 3 is 3.23 bits per heavy atom. The number of amides is 1. The van der Waals surface area contributed by atoms with E-state index in [-0.39, 0.29) is 5.91 Å². The number of rotatable bonds is 5. The van der Waals surface area contributed by atoms with Crippen LogP contribution in [0.15, 0.2) is 22.1 Å². The second kappa shape index (κ2) is 5.60. The summed E-state index contributed by atoms with van der Waals surface area (Å²) in [6.07, 6.45) is 4.31. The molecule has 0 saturated carbocycles. The summed E-state index contributed by atoms with van der Waals surface area (Å²) in [7, 11) is 0. The van der Waals surface area contributed by atoms with Crippen molar-refractivity contribution in [2.24, 2.45) is 5.84 Å². The summed E-state index contributed by atoms with van der Waals surface area (Å²) in [6, 6.07) is 0. The lowest BCUT2D eigenvalue weighted by Crippen LogP contribution is -2.29. The molecular weight excluding hydrogens is 190 g/mol. The fourth-order valence-electron chi connectivity index (χ4n) is 0.746. The van der Waals surface area contributed by atoms with Gasteiger partial charge in [-0.1, -0.05) is 11.8 Å². The van der Waals surface area contributed by atoms with Crippen LogP contribution in [0.4, 0.5) is 0 Å². The molecular formula is C7H11N3O2S. The summed E-state index contributed by atoms with van der Waals surface area (Å²) < 4.78 is 4.99. The first-order chi connectivity index (χ1) is 6.33. The first-order valence-corrected chi connectivity index (χ1v) is 4.83. The number of aromatic nitrogens is 1. The Bertz CT molecular complexity index is 250.